The number of alkyl halides is 3. The zero-order chi connectivity index (χ0) is 21.4. The van der Waals surface area contributed by atoms with Crippen molar-refractivity contribution in [2.45, 2.75) is 31.7 Å². The largest absolute Gasteiger partial charge is 0.486 e. The van der Waals surface area contributed by atoms with Gasteiger partial charge in [-0.05, 0) is 53.9 Å². The summed E-state index contributed by atoms with van der Waals surface area (Å²) < 4.78 is 52.8. The highest BCUT2D eigenvalue weighted by Gasteiger charge is 2.32. The Morgan fingerprint density at radius 2 is 1.68 bits per heavy atom. The van der Waals surface area contributed by atoms with Crippen molar-refractivity contribution in [3.8, 4) is 11.5 Å². The van der Waals surface area contributed by atoms with Gasteiger partial charge in [0.1, 0.15) is 13.2 Å². The maximum Gasteiger partial charge on any atom is 0.416 e. The van der Waals surface area contributed by atoms with E-state index in [0.717, 1.165) is 47.8 Å². The second-order valence-corrected chi connectivity index (χ2v) is 7.95. The Bertz CT molecular complexity index is 1060. The number of benzene rings is 2. The van der Waals surface area contributed by atoms with Gasteiger partial charge in [0.2, 0.25) is 0 Å². The van der Waals surface area contributed by atoms with Crippen molar-refractivity contribution in [1.29, 1.82) is 0 Å². The molecule has 3 heterocycles. The molecule has 31 heavy (non-hydrogen) atoms. The molecule has 0 unspecified atom stereocenters. The van der Waals surface area contributed by atoms with E-state index in [0.29, 0.717) is 19.8 Å². The Morgan fingerprint density at radius 1 is 0.903 bits per heavy atom. The van der Waals surface area contributed by atoms with Crippen molar-refractivity contribution in [2.24, 2.45) is 0 Å². The van der Waals surface area contributed by atoms with Crippen molar-refractivity contribution < 1.29 is 22.6 Å². The Morgan fingerprint density at radius 3 is 2.45 bits per heavy atom. The fourth-order valence-electron chi connectivity index (χ4n) is 4.47. The number of fused-ring (bicyclic) bond motifs is 2. The molecule has 0 saturated heterocycles. The number of ether oxygens (including phenoxy) is 2. The molecule has 1 atom stereocenters. The third-order valence-corrected chi connectivity index (χ3v) is 5.90. The second-order valence-electron chi connectivity index (χ2n) is 7.95. The first-order valence-electron chi connectivity index (χ1n) is 10.4. The first kappa shape index (κ1) is 20.0. The van der Waals surface area contributed by atoms with E-state index in [1.807, 2.05) is 30.5 Å². The molecule has 2 aliphatic rings. The van der Waals surface area contributed by atoms with Crippen molar-refractivity contribution in [2.75, 3.05) is 19.8 Å². The molecule has 5 rings (SSSR count). The van der Waals surface area contributed by atoms with Gasteiger partial charge in [-0.25, -0.2) is 0 Å². The molecule has 0 bridgehead atoms. The van der Waals surface area contributed by atoms with Gasteiger partial charge in [0, 0.05) is 31.5 Å². The van der Waals surface area contributed by atoms with Crippen LogP contribution in [-0.2, 0) is 19.3 Å². The molecule has 162 valence electrons. The van der Waals surface area contributed by atoms with Crippen LogP contribution < -0.4 is 9.47 Å². The third kappa shape index (κ3) is 4.02. The second kappa shape index (κ2) is 7.96. The molecule has 0 amide bonds. The molecule has 0 saturated carbocycles. The Labute approximate surface area is 178 Å². The van der Waals surface area contributed by atoms with Crippen LogP contribution in [0.25, 0.3) is 0 Å². The van der Waals surface area contributed by atoms with Crippen LogP contribution in [-0.4, -0.2) is 29.2 Å². The van der Waals surface area contributed by atoms with Gasteiger partial charge in [-0.1, -0.05) is 18.2 Å². The summed E-state index contributed by atoms with van der Waals surface area (Å²) in [6.07, 6.45) is -1.34. The van der Waals surface area contributed by atoms with Crippen LogP contribution in [0.15, 0.2) is 60.8 Å². The summed E-state index contributed by atoms with van der Waals surface area (Å²) in [6, 6.07) is 15.4. The minimum Gasteiger partial charge on any atom is -0.486 e. The average Bonchev–Trinajstić information content (AvgIpc) is 3.14. The molecule has 0 spiro atoms. The predicted octanol–water partition coefficient (Wildman–Crippen LogP) is 5.27. The minimum atomic E-state index is -4.34. The van der Waals surface area contributed by atoms with Gasteiger partial charge >= 0.3 is 6.18 Å². The first-order chi connectivity index (χ1) is 15.0. The van der Waals surface area contributed by atoms with Gasteiger partial charge in [-0.15, -0.1) is 0 Å². The topological polar surface area (TPSA) is 26.6 Å². The molecule has 2 aliphatic heterocycles. The van der Waals surface area contributed by atoms with Crippen molar-refractivity contribution in [1.82, 2.24) is 9.47 Å². The van der Waals surface area contributed by atoms with E-state index in [1.54, 1.807) is 12.1 Å². The summed E-state index contributed by atoms with van der Waals surface area (Å²) in [4.78, 5) is 2.33. The van der Waals surface area contributed by atoms with Crippen molar-refractivity contribution in [3.63, 3.8) is 0 Å². The predicted molar refractivity (Wildman–Crippen MR) is 110 cm³/mol. The lowest BCUT2D eigenvalue weighted by Crippen LogP contribution is -2.29. The van der Waals surface area contributed by atoms with Gasteiger partial charge < -0.3 is 14.0 Å². The summed E-state index contributed by atoms with van der Waals surface area (Å²) in [5.74, 6) is 1.49. The normalized spacial score (nSPS) is 19.0. The highest BCUT2D eigenvalue weighted by atomic mass is 19.4. The summed E-state index contributed by atoms with van der Waals surface area (Å²) in [5.41, 5.74) is 2.40. The van der Waals surface area contributed by atoms with Gasteiger partial charge in [0.15, 0.2) is 11.5 Å². The number of rotatable bonds is 3. The molecule has 2 aromatic carbocycles. The van der Waals surface area contributed by atoms with E-state index < -0.39 is 11.7 Å². The maximum atomic E-state index is 13.1. The maximum absolute atomic E-state index is 13.1. The summed E-state index contributed by atoms with van der Waals surface area (Å²) in [6.45, 7) is 3.46. The number of hydrogen-bond acceptors (Lipinski definition) is 3. The van der Waals surface area contributed by atoms with Crippen molar-refractivity contribution >= 4 is 0 Å². The van der Waals surface area contributed by atoms with E-state index in [1.165, 1.54) is 12.1 Å². The lowest BCUT2D eigenvalue weighted by Gasteiger charge is -2.31. The van der Waals surface area contributed by atoms with E-state index in [9.17, 15) is 13.2 Å². The lowest BCUT2D eigenvalue weighted by atomic mass is 9.99. The summed E-state index contributed by atoms with van der Waals surface area (Å²) in [7, 11) is 0. The smallest absolute Gasteiger partial charge is 0.416 e. The van der Waals surface area contributed by atoms with Crippen molar-refractivity contribution in [3.05, 3.63) is 83.2 Å². The number of aromatic nitrogens is 1. The summed E-state index contributed by atoms with van der Waals surface area (Å²) >= 11 is 0. The van der Waals surface area contributed by atoms with Crippen LogP contribution in [0.4, 0.5) is 13.2 Å². The monoisotopic (exact) mass is 428 g/mol. The van der Waals surface area contributed by atoms with Crippen LogP contribution >= 0.6 is 0 Å². The van der Waals surface area contributed by atoms with Gasteiger partial charge in [0.25, 0.3) is 0 Å². The fraction of sp³-hybridized carbons (Fsp3) is 0.333. The highest BCUT2D eigenvalue weighted by molar-refractivity contribution is 5.44. The van der Waals surface area contributed by atoms with Crippen LogP contribution in [0.2, 0.25) is 0 Å². The average molecular weight is 428 g/mol. The Hall–Kier alpha value is -2.93. The Balaban J connectivity index is 1.49. The molecule has 3 aromatic rings. The number of nitrogens with zero attached hydrogens (tertiary/aromatic N) is 2. The fourth-order valence-corrected chi connectivity index (χ4v) is 4.47. The number of halogens is 3. The molecule has 4 nitrogen and oxygen atoms in total. The van der Waals surface area contributed by atoms with Gasteiger partial charge in [-0.2, -0.15) is 13.2 Å². The zero-order valence-corrected chi connectivity index (χ0v) is 16.9. The van der Waals surface area contributed by atoms with Crippen LogP contribution in [0.1, 0.15) is 34.8 Å². The molecule has 0 radical (unpaired) electrons. The molecule has 1 aromatic heterocycles. The first-order valence-corrected chi connectivity index (χ1v) is 10.4. The SMILES string of the molecule is FC(F)(F)c1ccc([C@H]2c3cccn3CCCN2Cc2ccc3c(c2)OCCO3)cc1. The zero-order valence-electron chi connectivity index (χ0n) is 16.9. The molecular formula is C24H23F3N2O2. The molecule has 0 aliphatic carbocycles. The highest BCUT2D eigenvalue weighted by Crippen LogP contribution is 2.37. The minimum absolute atomic E-state index is 0.131. The van der Waals surface area contributed by atoms with Crippen LogP contribution in [0.5, 0.6) is 11.5 Å². The lowest BCUT2D eigenvalue weighted by molar-refractivity contribution is -0.137. The van der Waals surface area contributed by atoms with Crippen LogP contribution in [0.3, 0.4) is 0 Å². The van der Waals surface area contributed by atoms with E-state index in [4.69, 9.17) is 9.47 Å². The standard InChI is InChI=1S/C24H23F3N2O2/c25-24(26,27)19-7-5-18(6-8-19)23-20-3-1-10-28(20)11-2-12-29(23)16-17-4-9-21-22(15-17)31-14-13-30-21/h1,3-10,15,23H,2,11-14,16H2/t23-/m0/s1. The molecule has 0 fully saturated rings. The van der Waals surface area contributed by atoms with Crippen LogP contribution in [0, 0.1) is 0 Å². The van der Waals surface area contributed by atoms with E-state index in [2.05, 4.69) is 15.5 Å². The molecule has 0 N–H and O–H groups in total. The number of hydrogen-bond donors (Lipinski definition) is 0. The van der Waals surface area contributed by atoms with E-state index in [-0.39, 0.29) is 6.04 Å². The molecular weight excluding hydrogens is 405 g/mol. The van der Waals surface area contributed by atoms with E-state index >= 15 is 0 Å². The number of aryl methyl sites for hydroxylation is 1. The quantitative estimate of drug-likeness (QED) is 0.568. The molecule has 7 heteroatoms. The van der Waals surface area contributed by atoms with Gasteiger partial charge in [0.05, 0.1) is 11.6 Å². The third-order valence-electron chi connectivity index (χ3n) is 5.90. The Kier molecular flexibility index (Phi) is 5.14. The summed E-state index contributed by atoms with van der Waals surface area (Å²) in [5, 5.41) is 0. The van der Waals surface area contributed by atoms with Gasteiger partial charge in [-0.3, -0.25) is 4.90 Å².